The van der Waals surface area contributed by atoms with Crippen molar-refractivity contribution in [1.82, 2.24) is 14.9 Å². The second-order valence-corrected chi connectivity index (χ2v) is 4.78. The molecular weight excluding hydrogens is 228 g/mol. The molecule has 0 unspecified atom stereocenters. The Morgan fingerprint density at radius 2 is 2.25 bits per heavy atom. The fourth-order valence-electron chi connectivity index (χ4n) is 1.38. The van der Waals surface area contributed by atoms with Crippen molar-refractivity contribution in [3.8, 4) is 0 Å². The van der Waals surface area contributed by atoms with Crippen LogP contribution in [0.15, 0.2) is 24.4 Å². The van der Waals surface area contributed by atoms with Crippen LogP contribution in [0, 0.1) is 0 Å². The Kier molecular flexibility index (Phi) is 2.80. The SMILES string of the molecule is CCNS(=O)(=O)Nc1ccc2cn[nH]c2c1. The Balaban J connectivity index is 2.27. The maximum atomic E-state index is 11.4. The molecule has 1 aromatic heterocycles. The minimum Gasteiger partial charge on any atom is -0.278 e. The van der Waals surface area contributed by atoms with Crippen LogP contribution >= 0.6 is 0 Å². The van der Waals surface area contributed by atoms with Gasteiger partial charge in [-0.1, -0.05) is 6.92 Å². The van der Waals surface area contributed by atoms with Gasteiger partial charge in [-0.3, -0.25) is 9.82 Å². The largest absolute Gasteiger partial charge is 0.299 e. The lowest BCUT2D eigenvalue weighted by Crippen LogP contribution is -2.29. The molecule has 6 nitrogen and oxygen atoms in total. The number of aromatic nitrogens is 2. The van der Waals surface area contributed by atoms with Crippen molar-refractivity contribution in [2.24, 2.45) is 0 Å². The van der Waals surface area contributed by atoms with E-state index in [2.05, 4.69) is 19.6 Å². The second kappa shape index (κ2) is 4.11. The monoisotopic (exact) mass is 240 g/mol. The first-order valence-electron chi connectivity index (χ1n) is 4.81. The molecule has 1 heterocycles. The van der Waals surface area contributed by atoms with Crippen LogP contribution in [0.1, 0.15) is 6.92 Å². The molecule has 3 N–H and O–H groups in total. The van der Waals surface area contributed by atoms with Crippen LogP contribution < -0.4 is 9.44 Å². The average Bonchev–Trinajstić information content (AvgIpc) is 2.63. The van der Waals surface area contributed by atoms with E-state index in [1.54, 1.807) is 31.3 Å². The Morgan fingerprint density at radius 3 is 3.00 bits per heavy atom. The lowest BCUT2D eigenvalue weighted by molar-refractivity contribution is 0.589. The van der Waals surface area contributed by atoms with Crippen LogP contribution in [0.4, 0.5) is 5.69 Å². The van der Waals surface area contributed by atoms with E-state index in [1.807, 2.05) is 0 Å². The smallest absolute Gasteiger partial charge is 0.278 e. The molecule has 0 bridgehead atoms. The summed E-state index contributed by atoms with van der Waals surface area (Å²) in [5.41, 5.74) is 1.29. The van der Waals surface area contributed by atoms with Crippen molar-refractivity contribution < 1.29 is 8.42 Å². The molecule has 0 saturated heterocycles. The number of H-pyrrole nitrogens is 1. The number of hydrogen-bond acceptors (Lipinski definition) is 3. The molecule has 2 rings (SSSR count). The number of hydrogen-bond donors (Lipinski definition) is 3. The molecule has 86 valence electrons. The molecule has 0 aliphatic carbocycles. The fourth-order valence-corrected chi connectivity index (χ4v) is 2.27. The average molecular weight is 240 g/mol. The fraction of sp³-hybridized carbons (Fsp3) is 0.222. The molecule has 7 heteroatoms. The van der Waals surface area contributed by atoms with Crippen LogP contribution in [-0.4, -0.2) is 25.2 Å². The Labute approximate surface area is 93.2 Å². The molecule has 0 radical (unpaired) electrons. The zero-order valence-corrected chi connectivity index (χ0v) is 9.50. The van der Waals surface area contributed by atoms with E-state index in [1.165, 1.54) is 0 Å². The van der Waals surface area contributed by atoms with Gasteiger partial charge in [-0.15, -0.1) is 0 Å². The predicted octanol–water partition coefficient (Wildman–Crippen LogP) is 0.829. The van der Waals surface area contributed by atoms with Crippen molar-refractivity contribution >= 4 is 26.8 Å². The van der Waals surface area contributed by atoms with Crippen LogP contribution in [0.5, 0.6) is 0 Å². The lowest BCUT2D eigenvalue weighted by atomic mass is 10.2. The zero-order chi connectivity index (χ0) is 11.6. The zero-order valence-electron chi connectivity index (χ0n) is 8.69. The highest BCUT2D eigenvalue weighted by atomic mass is 32.2. The number of benzene rings is 1. The summed E-state index contributed by atoms with van der Waals surface area (Å²) >= 11 is 0. The first-order valence-corrected chi connectivity index (χ1v) is 6.29. The van der Waals surface area contributed by atoms with E-state index in [9.17, 15) is 8.42 Å². The van der Waals surface area contributed by atoms with Crippen molar-refractivity contribution in [1.29, 1.82) is 0 Å². The molecule has 0 fully saturated rings. The molecule has 0 saturated carbocycles. The van der Waals surface area contributed by atoms with Crippen LogP contribution in [0.25, 0.3) is 10.9 Å². The molecule has 0 aliphatic heterocycles. The van der Waals surface area contributed by atoms with Gasteiger partial charge in [-0.2, -0.15) is 18.2 Å². The summed E-state index contributed by atoms with van der Waals surface area (Å²) in [4.78, 5) is 0. The molecule has 0 spiro atoms. The van der Waals surface area contributed by atoms with Gasteiger partial charge in [0.2, 0.25) is 0 Å². The molecular formula is C9H12N4O2S. The third kappa shape index (κ3) is 2.31. The van der Waals surface area contributed by atoms with Gasteiger partial charge < -0.3 is 0 Å². The van der Waals surface area contributed by atoms with Gasteiger partial charge in [0, 0.05) is 11.9 Å². The van der Waals surface area contributed by atoms with Gasteiger partial charge in [-0.25, -0.2) is 0 Å². The number of nitrogens with one attached hydrogen (secondary N) is 3. The second-order valence-electron chi connectivity index (χ2n) is 3.28. The van der Waals surface area contributed by atoms with E-state index in [-0.39, 0.29) is 0 Å². The highest BCUT2D eigenvalue weighted by molar-refractivity contribution is 7.90. The molecule has 2 aromatic rings. The Bertz CT molecular complexity index is 590. The maximum absolute atomic E-state index is 11.4. The number of fused-ring (bicyclic) bond motifs is 1. The predicted molar refractivity (Wildman–Crippen MR) is 62.3 cm³/mol. The summed E-state index contributed by atoms with van der Waals surface area (Å²) in [6.07, 6.45) is 1.68. The topological polar surface area (TPSA) is 86.9 Å². The van der Waals surface area contributed by atoms with Gasteiger partial charge in [0.1, 0.15) is 0 Å². The highest BCUT2D eigenvalue weighted by Gasteiger charge is 2.08. The molecule has 0 aliphatic rings. The van der Waals surface area contributed by atoms with Crippen LogP contribution in [0.2, 0.25) is 0 Å². The summed E-state index contributed by atoms with van der Waals surface area (Å²) in [6.45, 7) is 2.07. The summed E-state index contributed by atoms with van der Waals surface area (Å²) < 4.78 is 27.6. The number of anilines is 1. The van der Waals surface area contributed by atoms with Crippen LogP contribution in [0.3, 0.4) is 0 Å². The number of aromatic amines is 1. The first kappa shape index (κ1) is 10.9. The maximum Gasteiger partial charge on any atom is 0.299 e. The molecule has 16 heavy (non-hydrogen) atoms. The van der Waals surface area contributed by atoms with Crippen molar-refractivity contribution in [2.75, 3.05) is 11.3 Å². The minimum atomic E-state index is -3.47. The summed E-state index contributed by atoms with van der Waals surface area (Å²) in [7, 11) is -3.47. The Hall–Kier alpha value is -1.60. The summed E-state index contributed by atoms with van der Waals surface area (Å²) in [5, 5.41) is 7.57. The Morgan fingerprint density at radius 1 is 1.44 bits per heavy atom. The van der Waals surface area contributed by atoms with Crippen molar-refractivity contribution in [3.05, 3.63) is 24.4 Å². The van der Waals surface area contributed by atoms with Gasteiger partial charge in [0.05, 0.1) is 17.4 Å². The normalized spacial score (nSPS) is 11.8. The van der Waals surface area contributed by atoms with E-state index < -0.39 is 10.2 Å². The number of nitrogens with zero attached hydrogens (tertiary/aromatic N) is 1. The minimum absolute atomic E-state index is 0.349. The third-order valence-electron chi connectivity index (χ3n) is 2.03. The molecule has 0 atom stereocenters. The van der Waals surface area contributed by atoms with Gasteiger partial charge in [0.25, 0.3) is 10.2 Å². The van der Waals surface area contributed by atoms with E-state index in [0.29, 0.717) is 12.2 Å². The quantitative estimate of drug-likeness (QED) is 0.739. The summed E-state index contributed by atoms with van der Waals surface area (Å²) in [6, 6.07) is 5.17. The van der Waals surface area contributed by atoms with E-state index >= 15 is 0 Å². The van der Waals surface area contributed by atoms with E-state index in [4.69, 9.17) is 0 Å². The highest BCUT2D eigenvalue weighted by Crippen LogP contribution is 2.16. The van der Waals surface area contributed by atoms with Crippen molar-refractivity contribution in [3.63, 3.8) is 0 Å². The third-order valence-corrected chi connectivity index (χ3v) is 3.20. The molecule has 1 aromatic carbocycles. The lowest BCUT2D eigenvalue weighted by Gasteiger charge is -2.07. The van der Waals surface area contributed by atoms with Crippen molar-refractivity contribution in [2.45, 2.75) is 6.92 Å². The van der Waals surface area contributed by atoms with Crippen LogP contribution in [-0.2, 0) is 10.2 Å². The standard InChI is InChI=1S/C9H12N4O2S/c1-2-11-16(14,15)13-8-4-3-7-6-10-12-9(7)5-8/h3-6,11,13H,2H2,1H3,(H,10,12). The van der Waals surface area contributed by atoms with Gasteiger partial charge >= 0.3 is 0 Å². The first-order chi connectivity index (χ1) is 7.61. The summed E-state index contributed by atoms with van der Waals surface area (Å²) in [5.74, 6) is 0. The molecule has 0 amide bonds. The number of rotatable bonds is 4. The van der Waals surface area contributed by atoms with Gasteiger partial charge in [-0.05, 0) is 18.2 Å². The van der Waals surface area contributed by atoms with Gasteiger partial charge in [0.15, 0.2) is 0 Å². The van der Waals surface area contributed by atoms with E-state index in [0.717, 1.165) is 10.9 Å².